The molecule has 1 aliphatic carbocycles. The minimum absolute atomic E-state index is 0.0638. The fourth-order valence-corrected chi connectivity index (χ4v) is 3.23. The van der Waals surface area contributed by atoms with Crippen molar-refractivity contribution in [2.45, 2.75) is 45.1 Å². The standard InChI is InChI=1S/C17H23N5O2/c1-2-21(14-6-4-3-5-7-14)17(23)12-24-16-10-8-15(9-11-16)22-13-18-19-20-22/h8-11,13-14H,2-7,12H2,1H3. The molecule has 1 saturated carbocycles. The Bertz CT molecular complexity index is 636. The highest BCUT2D eigenvalue weighted by molar-refractivity contribution is 5.78. The SMILES string of the molecule is CCN(C(=O)COc1ccc(-n2cnnn2)cc1)C1CCCCC1. The molecule has 0 saturated heterocycles. The fourth-order valence-electron chi connectivity index (χ4n) is 3.23. The number of nitrogens with zero attached hydrogens (tertiary/aromatic N) is 5. The van der Waals surface area contributed by atoms with Crippen molar-refractivity contribution < 1.29 is 9.53 Å². The van der Waals surface area contributed by atoms with Gasteiger partial charge >= 0.3 is 0 Å². The van der Waals surface area contributed by atoms with Gasteiger partial charge in [0.2, 0.25) is 0 Å². The Hall–Kier alpha value is -2.44. The van der Waals surface area contributed by atoms with Gasteiger partial charge in [-0.3, -0.25) is 4.79 Å². The first kappa shape index (κ1) is 16.4. The molecule has 24 heavy (non-hydrogen) atoms. The zero-order chi connectivity index (χ0) is 16.8. The monoisotopic (exact) mass is 329 g/mol. The highest BCUT2D eigenvalue weighted by Crippen LogP contribution is 2.23. The number of carbonyl (C=O) groups excluding carboxylic acids is 1. The van der Waals surface area contributed by atoms with Crippen molar-refractivity contribution in [2.24, 2.45) is 0 Å². The van der Waals surface area contributed by atoms with Crippen LogP contribution in [0.5, 0.6) is 5.75 Å². The van der Waals surface area contributed by atoms with E-state index in [2.05, 4.69) is 15.5 Å². The molecule has 1 aliphatic rings. The Labute approximate surface area is 141 Å². The van der Waals surface area contributed by atoms with Crippen molar-refractivity contribution in [3.05, 3.63) is 30.6 Å². The first-order valence-electron chi connectivity index (χ1n) is 8.53. The summed E-state index contributed by atoms with van der Waals surface area (Å²) in [6.07, 6.45) is 7.47. The molecule has 1 aromatic heterocycles. The lowest BCUT2D eigenvalue weighted by Crippen LogP contribution is -2.43. The van der Waals surface area contributed by atoms with Crippen LogP contribution in [0.4, 0.5) is 0 Å². The molecule has 0 atom stereocenters. The largest absolute Gasteiger partial charge is 0.484 e. The number of ether oxygens (including phenoxy) is 1. The third kappa shape index (κ3) is 3.90. The Balaban J connectivity index is 1.55. The fraction of sp³-hybridized carbons (Fsp3) is 0.529. The third-order valence-corrected chi connectivity index (χ3v) is 4.49. The van der Waals surface area contributed by atoms with Crippen molar-refractivity contribution in [1.29, 1.82) is 0 Å². The van der Waals surface area contributed by atoms with Crippen LogP contribution in [0.3, 0.4) is 0 Å². The van der Waals surface area contributed by atoms with E-state index in [1.807, 2.05) is 36.1 Å². The van der Waals surface area contributed by atoms with Crippen LogP contribution in [-0.2, 0) is 4.79 Å². The van der Waals surface area contributed by atoms with E-state index in [1.54, 1.807) is 4.68 Å². The average Bonchev–Trinajstić information content (AvgIpc) is 3.17. The van der Waals surface area contributed by atoms with Crippen molar-refractivity contribution in [2.75, 3.05) is 13.2 Å². The van der Waals surface area contributed by atoms with Gasteiger partial charge in [-0.2, -0.15) is 0 Å². The lowest BCUT2D eigenvalue weighted by atomic mass is 9.94. The summed E-state index contributed by atoms with van der Waals surface area (Å²) < 4.78 is 7.23. The van der Waals surface area contributed by atoms with Crippen LogP contribution in [0.25, 0.3) is 5.69 Å². The lowest BCUT2D eigenvalue weighted by molar-refractivity contribution is -0.136. The van der Waals surface area contributed by atoms with Crippen LogP contribution in [0, 0.1) is 0 Å². The summed E-state index contributed by atoms with van der Waals surface area (Å²) >= 11 is 0. The third-order valence-electron chi connectivity index (χ3n) is 4.49. The van der Waals surface area contributed by atoms with Crippen LogP contribution in [0.15, 0.2) is 30.6 Å². The van der Waals surface area contributed by atoms with Gasteiger partial charge in [-0.25, -0.2) is 4.68 Å². The molecule has 1 aromatic carbocycles. The smallest absolute Gasteiger partial charge is 0.260 e. The number of carbonyl (C=O) groups is 1. The van der Waals surface area contributed by atoms with E-state index in [0.29, 0.717) is 11.8 Å². The summed E-state index contributed by atoms with van der Waals surface area (Å²) in [4.78, 5) is 14.4. The first-order valence-corrected chi connectivity index (χ1v) is 8.53. The Kier molecular flexibility index (Phi) is 5.40. The van der Waals surface area contributed by atoms with Crippen LogP contribution in [-0.4, -0.2) is 50.2 Å². The molecule has 0 spiro atoms. The summed E-state index contributed by atoms with van der Waals surface area (Å²) in [5, 5.41) is 11.0. The molecule has 7 nitrogen and oxygen atoms in total. The molecule has 1 amide bonds. The van der Waals surface area contributed by atoms with Crippen molar-refractivity contribution in [1.82, 2.24) is 25.1 Å². The molecule has 1 heterocycles. The first-order chi connectivity index (χ1) is 11.8. The van der Waals surface area contributed by atoms with E-state index < -0.39 is 0 Å². The summed E-state index contributed by atoms with van der Waals surface area (Å²) in [6.45, 7) is 2.85. The molecule has 0 unspecified atom stereocenters. The van der Waals surface area contributed by atoms with Crippen LogP contribution in [0.1, 0.15) is 39.0 Å². The van der Waals surface area contributed by atoms with E-state index in [1.165, 1.54) is 25.6 Å². The van der Waals surface area contributed by atoms with Crippen molar-refractivity contribution in [3.8, 4) is 11.4 Å². The second-order valence-electron chi connectivity index (χ2n) is 6.01. The van der Waals surface area contributed by atoms with E-state index in [-0.39, 0.29) is 12.5 Å². The van der Waals surface area contributed by atoms with E-state index >= 15 is 0 Å². The Morgan fingerprint density at radius 2 is 2.00 bits per heavy atom. The van der Waals surface area contributed by atoms with Gasteiger partial charge < -0.3 is 9.64 Å². The van der Waals surface area contributed by atoms with Gasteiger partial charge in [0, 0.05) is 12.6 Å². The predicted molar refractivity (Wildman–Crippen MR) is 88.9 cm³/mol. The number of benzene rings is 1. The molecular weight excluding hydrogens is 306 g/mol. The predicted octanol–water partition coefficient (Wildman–Crippen LogP) is 2.22. The molecule has 0 radical (unpaired) electrons. The quantitative estimate of drug-likeness (QED) is 0.812. The number of amides is 1. The van der Waals surface area contributed by atoms with Gasteiger partial charge in [0.15, 0.2) is 6.61 Å². The van der Waals surface area contributed by atoms with Crippen LogP contribution >= 0.6 is 0 Å². The molecule has 2 aromatic rings. The highest BCUT2D eigenvalue weighted by atomic mass is 16.5. The van der Waals surface area contributed by atoms with Gasteiger partial charge in [-0.1, -0.05) is 19.3 Å². The second kappa shape index (κ2) is 7.90. The molecular formula is C17H23N5O2. The number of hydrogen-bond donors (Lipinski definition) is 0. The molecule has 0 bridgehead atoms. The van der Waals surface area contributed by atoms with Gasteiger partial charge in [-0.05, 0) is 54.5 Å². The summed E-state index contributed by atoms with van der Waals surface area (Å²) in [5.41, 5.74) is 0.844. The van der Waals surface area contributed by atoms with Gasteiger partial charge in [-0.15, -0.1) is 5.10 Å². The zero-order valence-electron chi connectivity index (χ0n) is 14.0. The molecule has 3 rings (SSSR count). The average molecular weight is 329 g/mol. The second-order valence-corrected chi connectivity index (χ2v) is 6.01. The number of aromatic nitrogens is 4. The number of tetrazole rings is 1. The highest BCUT2D eigenvalue weighted by Gasteiger charge is 2.24. The van der Waals surface area contributed by atoms with Gasteiger partial charge in [0.05, 0.1) is 5.69 Å². The minimum atomic E-state index is 0.0638. The van der Waals surface area contributed by atoms with Crippen LogP contribution < -0.4 is 4.74 Å². The molecule has 0 N–H and O–H groups in total. The molecule has 7 heteroatoms. The maximum atomic E-state index is 12.5. The molecule has 0 aliphatic heterocycles. The molecule has 1 fully saturated rings. The Morgan fingerprint density at radius 1 is 1.25 bits per heavy atom. The lowest BCUT2D eigenvalue weighted by Gasteiger charge is -2.33. The summed E-state index contributed by atoms with van der Waals surface area (Å²) in [5.74, 6) is 0.730. The normalized spacial score (nSPS) is 15.2. The van der Waals surface area contributed by atoms with E-state index in [4.69, 9.17) is 4.74 Å². The minimum Gasteiger partial charge on any atom is -0.484 e. The van der Waals surface area contributed by atoms with Crippen molar-refractivity contribution >= 4 is 5.91 Å². The summed E-state index contributed by atoms with van der Waals surface area (Å²) in [7, 11) is 0. The Morgan fingerprint density at radius 3 is 2.62 bits per heavy atom. The zero-order valence-corrected chi connectivity index (χ0v) is 14.0. The maximum absolute atomic E-state index is 12.5. The topological polar surface area (TPSA) is 73.1 Å². The molecule has 128 valence electrons. The number of rotatable bonds is 6. The van der Waals surface area contributed by atoms with Gasteiger partial charge in [0.1, 0.15) is 12.1 Å². The number of hydrogen-bond acceptors (Lipinski definition) is 5. The maximum Gasteiger partial charge on any atom is 0.260 e. The van der Waals surface area contributed by atoms with E-state index in [9.17, 15) is 4.79 Å². The summed E-state index contributed by atoms with van der Waals surface area (Å²) in [6, 6.07) is 7.73. The van der Waals surface area contributed by atoms with Gasteiger partial charge in [0.25, 0.3) is 5.91 Å². The van der Waals surface area contributed by atoms with Crippen LogP contribution in [0.2, 0.25) is 0 Å². The number of likely N-dealkylation sites (N-methyl/N-ethyl adjacent to an activating group) is 1. The van der Waals surface area contributed by atoms with Crippen molar-refractivity contribution in [3.63, 3.8) is 0 Å². The van der Waals surface area contributed by atoms with E-state index in [0.717, 1.165) is 25.1 Å².